The first-order valence-corrected chi connectivity index (χ1v) is 7.53. The Morgan fingerprint density at radius 1 is 1.30 bits per heavy atom. The second kappa shape index (κ2) is 7.38. The van der Waals surface area contributed by atoms with Gasteiger partial charge in [-0.05, 0) is 37.1 Å². The minimum absolute atomic E-state index is 0.828. The summed E-state index contributed by atoms with van der Waals surface area (Å²) < 4.78 is 0. The van der Waals surface area contributed by atoms with Crippen molar-refractivity contribution in [1.29, 1.82) is 0 Å². The maximum absolute atomic E-state index is 5.43. The second-order valence-electron chi connectivity index (χ2n) is 5.45. The Labute approximate surface area is 139 Å². The summed E-state index contributed by atoms with van der Waals surface area (Å²) >= 11 is 0. The van der Waals surface area contributed by atoms with Crippen molar-refractivity contribution in [2.45, 2.75) is 13.8 Å². The summed E-state index contributed by atoms with van der Waals surface area (Å²) in [5, 5.41) is 3.24. The van der Waals surface area contributed by atoms with E-state index in [1.165, 1.54) is 11.1 Å². The maximum Gasteiger partial charge on any atom is 0.113 e. The zero-order valence-corrected chi connectivity index (χ0v) is 13.9. The molecule has 1 N–H and O–H groups in total. The van der Waals surface area contributed by atoms with E-state index in [2.05, 4.69) is 68.1 Å². The lowest BCUT2D eigenvalue weighted by atomic mass is 10.1. The van der Waals surface area contributed by atoms with E-state index in [4.69, 9.17) is 6.42 Å². The number of nitrogens with one attached hydrogen (secondary N) is 1. The standard InChI is InChI=1S/C21H22N2/c1-6-19-13-14-23(18(4)15-19)21(22-5)17(3)9-12-20-10-7-16(2)8-11-20/h1,7-15,22H,4H2,2-3,5H3/b12-9+,21-17+. The summed E-state index contributed by atoms with van der Waals surface area (Å²) in [6.07, 6.45) is 15.4. The largest absolute Gasteiger partial charge is 0.374 e. The van der Waals surface area contributed by atoms with Crippen LogP contribution in [0.1, 0.15) is 18.1 Å². The van der Waals surface area contributed by atoms with Crippen molar-refractivity contribution in [3.05, 3.63) is 89.1 Å². The van der Waals surface area contributed by atoms with Gasteiger partial charge in [-0.2, -0.15) is 0 Å². The van der Waals surface area contributed by atoms with Crippen molar-refractivity contribution < 1.29 is 0 Å². The van der Waals surface area contributed by atoms with Crippen LogP contribution in [0.2, 0.25) is 0 Å². The van der Waals surface area contributed by atoms with Gasteiger partial charge in [0, 0.05) is 24.5 Å². The molecule has 1 heterocycles. The summed E-state index contributed by atoms with van der Waals surface area (Å²) in [6, 6.07) is 8.44. The molecule has 116 valence electrons. The highest BCUT2D eigenvalue weighted by atomic mass is 15.2. The number of benzene rings is 1. The van der Waals surface area contributed by atoms with Crippen LogP contribution < -0.4 is 5.32 Å². The topological polar surface area (TPSA) is 15.3 Å². The van der Waals surface area contributed by atoms with Gasteiger partial charge in [-0.3, -0.25) is 0 Å². The number of nitrogens with zero attached hydrogens (tertiary/aromatic N) is 1. The van der Waals surface area contributed by atoms with Crippen molar-refractivity contribution in [2.75, 3.05) is 7.05 Å². The van der Waals surface area contributed by atoms with Crippen LogP contribution in [0, 0.1) is 19.3 Å². The lowest BCUT2D eigenvalue weighted by Gasteiger charge is -2.27. The molecule has 0 amide bonds. The molecule has 1 aliphatic rings. The van der Waals surface area contributed by atoms with Crippen molar-refractivity contribution >= 4 is 6.08 Å². The average molecular weight is 302 g/mol. The van der Waals surface area contributed by atoms with Gasteiger partial charge in [0.15, 0.2) is 0 Å². The van der Waals surface area contributed by atoms with Gasteiger partial charge in [-0.1, -0.05) is 54.5 Å². The second-order valence-corrected chi connectivity index (χ2v) is 5.45. The lowest BCUT2D eigenvalue weighted by Crippen LogP contribution is -2.26. The van der Waals surface area contributed by atoms with E-state index in [1.54, 1.807) is 0 Å². The summed E-state index contributed by atoms with van der Waals surface area (Å²) in [7, 11) is 1.90. The van der Waals surface area contributed by atoms with Crippen molar-refractivity contribution in [3.8, 4) is 12.3 Å². The predicted octanol–water partition coefficient (Wildman–Crippen LogP) is 4.36. The van der Waals surface area contributed by atoms with Crippen LogP contribution in [0.15, 0.2) is 77.9 Å². The first-order chi connectivity index (χ1) is 11.0. The van der Waals surface area contributed by atoms with E-state index in [0.717, 1.165) is 22.7 Å². The minimum Gasteiger partial charge on any atom is -0.374 e. The number of hydrogen-bond donors (Lipinski definition) is 1. The van der Waals surface area contributed by atoms with E-state index in [9.17, 15) is 0 Å². The fraction of sp³-hybridized carbons (Fsp3) is 0.143. The monoisotopic (exact) mass is 302 g/mol. The lowest BCUT2D eigenvalue weighted by molar-refractivity contribution is 0.537. The van der Waals surface area contributed by atoms with Gasteiger partial charge in [0.1, 0.15) is 5.82 Å². The van der Waals surface area contributed by atoms with Crippen LogP contribution in [0.3, 0.4) is 0 Å². The molecule has 2 nitrogen and oxygen atoms in total. The Morgan fingerprint density at radius 3 is 2.57 bits per heavy atom. The third-order valence-corrected chi connectivity index (χ3v) is 3.66. The third kappa shape index (κ3) is 4.05. The normalized spacial score (nSPS) is 15.3. The van der Waals surface area contributed by atoms with Crippen LogP contribution in [0.5, 0.6) is 0 Å². The molecule has 0 bridgehead atoms. The van der Waals surface area contributed by atoms with Gasteiger partial charge in [0.25, 0.3) is 0 Å². The van der Waals surface area contributed by atoms with Gasteiger partial charge in [0.05, 0.1) is 0 Å². The van der Waals surface area contributed by atoms with Crippen molar-refractivity contribution in [3.63, 3.8) is 0 Å². The molecule has 1 aromatic rings. The van der Waals surface area contributed by atoms with Crippen LogP contribution in [-0.2, 0) is 0 Å². The average Bonchev–Trinajstić information content (AvgIpc) is 2.56. The zero-order chi connectivity index (χ0) is 16.8. The van der Waals surface area contributed by atoms with Gasteiger partial charge in [-0.25, -0.2) is 0 Å². The molecular formula is C21H22N2. The Kier molecular flexibility index (Phi) is 5.28. The molecule has 0 fully saturated rings. The molecule has 0 spiro atoms. The van der Waals surface area contributed by atoms with Gasteiger partial charge >= 0.3 is 0 Å². The highest BCUT2D eigenvalue weighted by Gasteiger charge is 2.13. The van der Waals surface area contributed by atoms with Gasteiger partial charge < -0.3 is 10.2 Å². The van der Waals surface area contributed by atoms with Crippen LogP contribution >= 0.6 is 0 Å². The Balaban J connectivity index is 2.25. The number of terminal acetylenes is 1. The molecule has 2 rings (SSSR count). The molecule has 0 atom stereocenters. The first kappa shape index (κ1) is 16.5. The molecule has 0 saturated carbocycles. The molecule has 0 unspecified atom stereocenters. The van der Waals surface area contributed by atoms with E-state index < -0.39 is 0 Å². The zero-order valence-electron chi connectivity index (χ0n) is 13.9. The Morgan fingerprint density at radius 2 is 2.00 bits per heavy atom. The first-order valence-electron chi connectivity index (χ1n) is 7.53. The summed E-state index contributed by atoms with van der Waals surface area (Å²) in [4.78, 5) is 2.00. The number of allylic oxidation sites excluding steroid dienone is 5. The molecule has 0 aliphatic carbocycles. The third-order valence-electron chi connectivity index (χ3n) is 3.66. The van der Waals surface area contributed by atoms with Crippen LogP contribution in [0.25, 0.3) is 6.08 Å². The maximum atomic E-state index is 5.43. The van der Waals surface area contributed by atoms with Crippen LogP contribution in [-0.4, -0.2) is 11.9 Å². The molecule has 0 aromatic heterocycles. The fourth-order valence-electron chi connectivity index (χ4n) is 2.34. The summed E-state index contributed by atoms with van der Waals surface area (Å²) in [5.41, 5.74) is 5.21. The van der Waals surface area contributed by atoms with E-state index >= 15 is 0 Å². The molecule has 0 saturated heterocycles. The SMILES string of the molecule is C#CC1=CC(=C)N(/C(NC)=C(C)/C=C/c2ccc(C)cc2)C=C1. The predicted molar refractivity (Wildman–Crippen MR) is 99.0 cm³/mol. The number of aryl methyl sites for hydroxylation is 1. The molecular weight excluding hydrogens is 280 g/mol. The van der Waals surface area contributed by atoms with Gasteiger partial charge in [0.2, 0.25) is 0 Å². The summed E-state index contributed by atoms with van der Waals surface area (Å²) in [6.45, 7) is 8.23. The minimum atomic E-state index is 0.828. The van der Waals surface area contributed by atoms with Gasteiger partial charge in [-0.15, -0.1) is 6.42 Å². The number of hydrogen-bond acceptors (Lipinski definition) is 2. The highest BCUT2D eigenvalue weighted by Crippen LogP contribution is 2.21. The number of rotatable bonds is 4. The molecule has 0 radical (unpaired) electrons. The quantitative estimate of drug-likeness (QED) is 0.656. The van der Waals surface area contributed by atoms with Crippen LogP contribution in [0.4, 0.5) is 0 Å². The molecule has 23 heavy (non-hydrogen) atoms. The van der Waals surface area contributed by atoms with E-state index in [1.807, 2.05) is 30.3 Å². The summed E-state index contributed by atoms with van der Waals surface area (Å²) in [5.74, 6) is 3.60. The Hall–Kier alpha value is -2.92. The molecule has 2 heteroatoms. The smallest absolute Gasteiger partial charge is 0.113 e. The molecule has 1 aromatic carbocycles. The Bertz CT molecular complexity index is 750. The van der Waals surface area contributed by atoms with E-state index in [-0.39, 0.29) is 0 Å². The van der Waals surface area contributed by atoms with Crippen molar-refractivity contribution in [2.24, 2.45) is 0 Å². The molecule has 1 aliphatic heterocycles. The highest BCUT2D eigenvalue weighted by molar-refractivity contribution is 5.54. The van der Waals surface area contributed by atoms with Crippen molar-refractivity contribution in [1.82, 2.24) is 10.2 Å². The fourth-order valence-corrected chi connectivity index (χ4v) is 2.34. The van der Waals surface area contributed by atoms with E-state index in [0.29, 0.717) is 0 Å².